The van der Waals surface area contributed by atoms with Crippen LogP contribution in [-0.2, 0) is 4.79 Å². The molecule has 21 heavy (non-hydrogen) atoms. The average molecular weight is 308 g/mol. The molecule has 5 nitrogen and oxygen atoms in total. The summed E-state index contributed by atoms with van der Waals surface area (Å²) in [6.07, 6.45) is 1.06. The molecule has 2 heterocycles. The summed E-state index contributed by atoms with van der Waals surface area (Å²) in [5, 5.41) is 0.700. The van der Waals surface area contributed by atoms with Crippen LogP contribution in [0.25, 0.3) is 0 Å². The van der Waals surface area contributed by atoms with Gasteiger partial charge < -0.3 is 9.80 Å². The summed E-state index contributed by atoms with van der Waals surface area (Å²) < 4.78 is 0. The number of nitrogens with zero attached hydrogens (tertiary/aromatic N) is 4. The second-order valence-corrected chi connectivity index (χ2v) is 6.33. The summed E-state index contributed by atoms with van der Waals surface area (Å²) in [6, 6.07) is 1.94. The van der Waals surface area contributed by atoms with Crippen molar-refractivity contribution in [1.29, 1.82) is 0 Å². The third kappa shape index (κ3) is 4.97. The molecular weight excluding hydrogens is 284 g/mol. The molecule has 1 fully saturated rings. The van der Waals surface area contributed by atoms with Crippen molar-refractivity contribution in [2.45, 2.75) is 32.3 Å². The number of hydrogen-bond donors (Lipinski definition) is 0. The monoisotopic (exact) mass is 308 g/mol. The van der Waals surface area contributed by atoms with Crippen LogP contribution in [0.3, 0.4) is 0 Å². The lowest BCUT2D eigenvalue weighted by molar-refractivity contribution is -0.128. The first kappa shape index (κ1) is 16.2. The van der Waals surface area contributed by atoms with Crippen LogP contribution >= 0.6 is 11.8 Å². The van der Waals surface area contributed by atoms with Crippen molar-refractivity contribution in [3.05, 3.63) is 17.5 Å². The van der Waals surface area contributed by atoms with E-state index in [4.69, 9.17) is 0 Å². The minimum Gasteiger partial charge on any atom is -0.341 e. The summed E-state index contributed by atoms with van der Waals surface area (Å²) >= 11 is 1.44. The Morgan fingerprint density at radius 2 is 1.90 bits per heavy atom. The zero-order chi connectivity index (χ0) is 15.2. The molecule has 0 saturated carbocycles. The number of amides is 1. The van der Waals surface area contributed by atoms with Crippen LogP contribution in [0, 0.1) is 13.8 Å². The van der Waals surface area contributed by atoms with E-state index < -0.39 is 0 Å². The van der Waals surface area contributed by atoms with Crippen molar-refractivity contribution in [1.82, 2.24) is 19.8 Å². The number of rotatable bonds is 4. The first-order valence-electron chi connectivity index (χ1n) is 7.53. The van der Waals surface area contributed by atoms with Crippen LogP contribution in [-0.4, -0.2) is 64.2 Å². The van der Waals surface area contributed by atoms with Crippen molar-refractivity contribution < 1.29 is 4.79 Å². The number of aryl methyl sites for hydroxylation is 2. The van der Waals surface area contributed by atoms with Gasteiger partial charge in [-0.1, -0.05) is 18.7 Å². The van der Waals surface area contributed by atoms with Crippen LogP contribution < -0.4 is 0 Å². The van der Waals surface area contributed by atoms with Gasteiger partial charge in [-0.15, -0.1) is 0 Å². The van der Waals surface area contributed by atoms with E-state index in [0.717, 1.165) is 50.5 Å². The van der Waals surface area contributed by atoms with Crippen LogP contribution in [0.1, 0.15) is 24.7 Å². The predicted octanol–water partition coefficient (Wildman–Crippen LogP) is 1.74. The van der Waals surface area contributed by atoms with E-state index in [1.54, 1.807) is 0 Å². The molecule has 2 rings (SSSR count). The highest BCUT2D eigenvalue weighted by atomic mass is 32.2. The van der Waals surface area contributed by atoms with E-state index in [1.807, 2.05) is 24.8 Å². The molecule has 0 spiro atoms. The maximum Gasteiger partial charge on any atom is 0.233 e. The fraction of sp³-hybridized carbons (Fsp3) is 0.667. The van der Waals surface area contributed by atoms with E-state index in [-0.39, 0.29) is 5.91 Å². The smallest absolute Gasteiger partial charge is 0.233 e. The van der Waals surface area contributed by atoms with Gasteiger partial charge in [0.2, 0.25) is 5.91 Å². The molecule has 0 bridgehead atoms. The molecule has 1 amide bonds. The van der Waals surface area contributed by atoms with Crippen molar-refractivity contribution >= 4 is 17.7 Å². The third-order valence-electron chi connectivity index (χ3n) is 3.67. The second kappa shape index (κ2) is 7.75. The molecule has 1 aliphatic heterocycles. The van der Waals surface area contributed by atoms with E-state index in [1.165, 1.54) is 11.8 Å². The summed E-state index contributed by atoms with van der Waals surface area (Å²) in [6.45, 7) is 10.9. The van der Waals surface area contributed by atoms with Gasteiger partial charge in [0, 0.05) is 31.0 Å². The molecule has 0 atom stereocenters. The number of hydrogen-bond acceptors (Lipinski definition) is 5. The molecule has 0 radical (unpaired) electrons. The van der Waals surface area contributed by atoms with Crippen LogP contribution in [0.4, 0.5) is 0 Å². The van der Waals surface area contributed by atoms with Gasteiger partial charge in [-0.25, -0.2) is 9.97 Å². The van der Waals surface area contributed by atoms with Gasteiger partial charge in [0.1, 0.15) is 0 Å². The Bertz CT molecular complexity index is 474. The minimum absolute atomic E-state index is 0.195. The van der Waals surface area contributed by atoms with Gasteiger partial charge >= 0.3 is 0 Å². The number of carbonyl (C=O) groups excluding carboxylic acids is 1. The molecule has 0 N–H and O–H groups in total. The van der Waals surface area contributed by atoms with Crippen molar-refractivity contribution in [2.24, 2.45) is 0 Å². The number of carbonyl (C=O) groups is 1. The van der Waals surface area contributed by atoms with Crippen LogP contribution in [0.15, 0.2) is 11.2 Å². The van der Waals surface area contributed by atoms with E-state index in [9.17, 15) is 4.79 Å². The largest absolute Gasteiger partial charge is 0.341 e. The minimum atomic E-state index is 0.195. The number of likely N-dealkylation sites (N-methyl/N-ethyl adjacent to an activating group) is 1. The molecule has 0 aliphatic carbocycles. The van der Waals surface area contributed by atoms with Gasteiger partial charge in [0.15, 0.2) is 5.16 Å². The van der Waals surface area contributed by atoms with Gasteiger partial charge in [-0.3, -0.25) is 4.79 Å². The molecule has 1 saturated heterocycles. The van der Waals surface area contributed by atoms with Crippen molar-refractivity contribution in [3.8, 4) is 0 Å². The van der Waals surface area contributed by atoms with Gasteiger partial charge in [-0.2, -0.15) is 0 Å². The predicted molar refractivity (Wildman–Crippen MR) is 85.5 cm³/mol. The fourth-order valence-corrected chi connectivity index (χ4v) is 3.36. The molecular formula is C15H24N4OS. The fourth-order valence-electron chi connectivity index (χ4n) is 2.51. The molecule has 1 aromatic heterocycles. The highest BCUT2D eigenvalue weighted by molar-refractivity contribution is 7.99. The lowest BCUT2D eigenvalue weighted by Crippen LogP contribution is -2.36. The first-order chi connectivity index (χ1) is 10.1. The molecule has 1 aliphatic rings. The molecule has 116 valence electrons. The SMILES string of the molecule is CCN1CCCN(C(=O)CSc2nc(C)cc(C)n2)CC1. The molecule has 1 aromatic rings. The van der Waals surface area contributed by atoms with Gasteiger partial charge in [0.05, 0.1) is 5.75 Å². The van der Waals surface area contributed by atoms with Crippen LogP contribution in [0.2, 0.25) is 0 Å². The highest BCUT2D eigenvalue weighted by Gasteiger charge is 2.18. The molecule has 6 heteroatoms. The Hall–Kier alpha value is -1.14. The van der Waals surface area contributed by atoms with Crippen LogP contribution in [0.5, 0.6) is 0 Å². The highest BCUT2D eigenvalue weighted by Crippen LogP contribution is 2.15. The van der Waals surface area contributed by atoms with E-state index in [2.05, 4.69) is 21.8 Å². The third-order valence-corrected chi connectivity index (χ3v) is 4.51. The number of thioether (sulfide) groups is 1. The Morgan fingerprint density at radius 1 is 1.19 bits per heavy atom. The maximum absolute atomic E-state index is 12.3. The topological polar surface area (TPSA) is 49.3 Å². The Kier molecular flexibility index (Phi) is 5.99. The average Bonchev–Trinajstić information content (AvgIpc) is 2.69. The molecule has 0 aromatic carbocycles. The maximum atomic E-state index is 12.3. The van der Waals surface area contributed by atoms with Crippen molar-refractivity contribution in [2.75, 3.05) is 38.5 Å². The Balaban J connectivity index is 1.86. The second-order valence-electron chi connectivity index (χ2n) is 5.39. The van der Waals surface area contributed by atoms with Gasteiger partial charge in [-0.05, 0) is 39.4 Å². The summed E-state index contributed by atoms with van der Waals surface area (Å²) in [5.74, 6) is 0.621. The zero-order valence-electron chi connectivity index (χ0n) is 13.1. The first-order valence-corrected chi connectivity index (χ1v) is 8.52. The lowest BCUT2D eigenvalue weighted by Gasteiger charge is -2.21. The van der Waals surface area contributed by atoms with E-state index in [0.29, 0.717) is 10.9 Å². The Labute approximate surface area is 131 Å². The summed E-state index contributed by atoms with van der Waals surface area (Å²) in [4.78, 5) is 25.4. The lowest BCUT2D eigenvalue weighted by atomic mass is 10.4. The molecule has 0 unspecified atom stereocenters. The van der Waals surface area contributed by atoms with E-state index >= 15 is 0 Å². The quantitative estimate of drug-likeness (QED) is 0.626. The normalized spacial score (nSPS) is 16.8. The summed E-state index contributed by atoms with van der Waals surface area (Å²) in [5.41, 5.74) is 1.90. The standard InChI is InChI=1S/C15H24N4OS/c1-4-18-6-5-7-19(9-8-18)14(20)11-21-15-16-12(2)10-13(3)17-15/h10H,4-9,11H2,1-3H3. The van der Waals surface area contributed by atoms with Gasteiger partial charge in [0.25, 0.3) is 0 Å². The van der Waals surface area contributed by atoms with Crippen molar-refractivity contribution in [3.63, 3.8) is 0 Å². The Morgan fingerprint density at radius 3 is 2.57 bits per heavy atom. The zero-order valence-corrected chi connectivity index (χ0v) is 13.9. The summed E-state index contributed by atoms with van der Waals surface area (Å²) in [7, 11) is 0. The number of aromatic nitrogens is 2.